The number of hydrogen-bond donors (Lipinski definition) is 2. The number of carbonyl (C=O) groups is 1. The maximum atomic E-state index is 12.3. The number of halogens is 2. The van der Waals surface area contributed by atoms with Gasteiger partial charge in [0.05, 0.1) is 42.0 Å². The minimum Gasteiger partial charge on any atom is -0.495 e. The molecule has 12 nitrogen and oxygen atoms in total. The number of nitrogens with zero attached hydrogens (tertiary/aromatic N) is 7. The summed E-state index contributed by atoms with van der Waals surface area (Å²) in [6.07, 6.45) is 8.19. The molecule has 0 aliphatic carbocycles. The van der Waals surface area contributed by atoms with Crippen LogP contribution in [0, 0.1) is 0 Å². The maximum absolute atomic E-state index is 12.3. The third-order valence-corrected chi connectivity index (χ3v) is 8.62. The Morgan fingerprint density at radius 2 is 1.84 bits per heavy atom. The molecule has 0 saturated carbocycles. The number of methoxy groups -OCH3 is 2. The Morgan fingerprint density at radius 1 is 1.11 bits per heavy atom. The molecule has 1 amide bonds. The van der Waals surface area contributed by atoms with Crippen molar-refractivity contribution in [2.75, 3.05) is 44.5 Å². The largest absolute Gasteiger partial charge is 0.495 e. The number of amides is 1. The molecule has 5 heterocycles. The standard InChI is InChI=1S/C30H31Cl2N9O3/c1-5-25(42)36-20-15-40(18-7-9-39(6-2)10-8-18)38-29(20)37-24-12-21-17(14-33-24)11-19(30-34-16-35-41(21)30)26-27(31)22(43-3)13-23(44-4)28(26)32/h5,11-16,18H,1,6-10H2,2-4H3,(H,36,42)(H,33,37,38). The van der Waals surface area contributed by atoms with E-state index in [2.05, 4.69) is 44.1 Å². The number of ether oxygens (including phenoxy) is 2. The van der Waals surface area contributed by atoms with Crippen LogP contribution in [0.2, 0.25) is 10.0 Å². The van der Waals surface area contributed by atoms with E-state index in [1.54, 1.807) is 16.8 Å². The lowest BCUT2D eigenvalue weighted by molar-refractivity contribution is -0.111. The average molecular weight is 637 g/mol. The molecular weight excluding hydrogens is 605 g/mol. The summed E-state index contributed by atoms with van der Waals surface area (Å²) < 4.78 is 14.6. The SMILES string of the molecule is C=CC(=O)Nc1cn(C2CCN(CC)CC2)nc1Nc1cc2c(cn1)cc(-c1c(Cl)c(OC)cc(OC)c1Cl)c1ncnn12. The van der Waals surface area contributed by atoms with Crippen molar-refractivity contribution >= 4 is 63.0 Å². The number of likely N-dealkylation sites (tertiary alicyclic amines) is 1. The van der Waals surface area contributed by atoms with Crippen LogP contribution >= 0.6 is 23.2 Å². The molecule has 0 bridgehead atoms. The van der Waals surface area contributed by atoms with Gasteiger partial charge in [-0.25, -0.2) is 14.5 Å². The monoisotopic (exact) mass is 635 g/mol. The summed E-state index contributed by atoms with van der Waals surface area (Å²) in [7, 11) is 3.05. The van der Waals surface area contributed by atoms with Gasteiger partial charge in [0, 0.05) is 47.9 Å². The van der Waals surface area contributed by atoms with E-state index >= 15 is 0 Å². The van der Waals surface area contributed by atoms with E-state index < -0.39 is 0 Å². The van der Waals surface area contributed by atoms with E-state index in [-0.39, 0.29) is 11.9 Å². The molecule has 4 aromatic heterocycles. The molecular formula is C30H31Cl2N9O3. The first-order valence-electron chi connectivity index (χ1n) is 14.1. The minimum atomic E-state index is -0.330. The molecule has 44 heavy (non-hydrogen) atoms. The van der Waals surface area contributed by atoms with Gasteiger partial charge in [-0.2, -0.15) is 10.2 Å². The van der Waals surface area contributed by atoms with Crippen LogP contribution in [0.25, 0.3) is 27.7 Å². The van der Waals surface area contributed by atoms with Gasteiger partial charge in [0.25, 0.3) is 0 Å². The van der Waals surface area contributed by atoms with E-state index in [0.717, 1.165) is 43.4 Å². The minimum absolute atomic E-state index is 0.222. The Balaban J connectivity index is 1.40. The van der Waals surface area contributed by atoms with E-state index in [0.29, 0.717) is 55.6 Å². The molecule has 1 aliphatic heterocycles. The molecule has 14 heteroatoms. The van der Waals surface area contributed by atoms with Crippen molar-refractivity contribution in [2.45, 2.75) is 25.8 Å². The fourth-order valence-corrected chi connectivity index (χ4v) is 6.22. The molecule has 1 aliphatic rings. The molecule has 5 aromatic rings. The van der Waals surface area contributed by atoms with Gasteiger partial charge in [-0.3, -0.25) is 9.48 Å². The van der Waals surface area contributed by atoms with Crippen molar-refractivity contribution in [2.24, 2.45) is 0 Å². The quantitative estimate of drug-likeness (QED) is 0.188. The van der Waals surface area contributed by atoms with Gasteiger partial charge in [-0.15, -0.1) is 0 Å². The fourth-order valence-electron chi connectivity index (χ4n) is 5.51. The lowest BCUT2D eigenvalue weighted by atomic mass is 10.0. The van der Waals surface area contributed by atoms with Crippen molar-refractivity contribution < 1.29 is 14.3 Å². The highest BCUT2D eigenvalue weighted by Crippen LogP contribution is 2.47. The normalized spacial score (nSPS) is 14.2. The van der Waals surface area contributed by atoms with Crippen LogP contribution in [0.15, 0.2) is 49.6 Å². The molecule has 2 N–H and O–H groups in total. The summed E-state index contributed by atoms with van der Waals surface area (Å²) in [5.41, 5.74) is 2.92. The fraction of sp³-hybridized carbons (Fsp3) is 0.300. The Morgan fingerprint density at radius 3 is 2.50 bits per heavy atom. The zero-order valence-corrected chi connectivity index (χ0v) is 26.0. The number of anilines is 3. The second kappa shape index (κ2) is 12.3. The summed E-state index contributed by atoms with van der Waals surface area (Å²) >= 11 is 13.5. The van der Waals surface area contributed by atoms with Crippen LogP contribution in [0.3, 0.4) is 0 Å². The van der Waals surface area contributed by atoms with Crippen molar-refractivity contribution in [3.63, 3.8) is 0 Å². The van der Waals surface area contributed by atoms with Crippen LogP contribution in [0.5, 0.6) is 11.5 Å². The Kier molecular flexibility index (Phi) is 8.30. The molecule has 0 radical (unpaired) electrons. The Bertz CT molecular complexity index is 1850. The van der Waals surface area contributed by atoms with Crippen molar-refractivity contribution in [1.82, 2.24) is 34.3 Å². The van der Waals surface area contributed by atoms with Gasteiger partial charge in [0.15, 0.2) is 11.5 Å². The molecule has 0 unspecified atom stereocenters. The number of carbonyl (C=O) groups excluding carboxylic acids is 1. The lowest BCUT2D eigenvalue weighted by Gasteiger charge is -2.31. The van der Waals surface area contributed by atoms with Crippen molar-refractivity contribution in [1.29, 1.82) is 0 Å². The van der Waals surface area contributed by atoms with Crippen LogP contribution < -0.4 is 20.1 Å². The van der Waals surface area contributed by atoms with Crippen LogP contribution in [0.1, 0.15) is 25.8 Å². The first-order valence-corrected chi connectivity index (χ1v) is 14.9. The topological polar surface area (TPSA) is 124 Å². The van der Waals surface area contributed by atoms with E-state index in [9.17, 15) is 4.79 Å². The van der Waals surface area contributed by atoms with Gasteiger partial charge < -0.3 is 25.0 Å². The zero-order chi connectivity index (χ0) is 31.0. The van der Waals surface area contributed by atoms with Gasteiger partial charge in [-0.05, 0) is 31.5 Å². The highest BCUT2D eigenvalue weighted by molar-refractivity contribution is 6.41. The molecule has 6 rings (SSSR count). The number of hydrogen-bond acceptors (Lipinski definition) is 9. The molecule has 1 aromatic carbocycles. The number of rotatable bonds is 9. The smallest absolute Gasteiger partial charge is 0.247 e. The first-order chi connectivity index (χ1) is 21.3. The molecule has 228 valence electrons. The van der Waals surface area contributed by atoms with Gasteiger partial charge >= 0.3 is 0 Å². The molecule has 0 spiro atoms. The van der Waals surface area contributed by atoms with Crippen LogP contribution in [-0.2, 0) is 4.79 Å². The Hall–Kier alpha value is -4.39. The number of fused-ring (bicyclic) bond motifs is 3. The summed E-state index contributed by atoms with van der Waals surface area (Å²) in [5.74, 6) is 1.46. The van der Waals surface area contributed by atoms with Gasteiger partial charge in [0.1, 0.15) is 29.3 Å². The Labute approximate surface area is 263 Å². The van der Waals surface area contributed by atoms with Crippen LogP contribution in [-0.4, -0.2) is 74.0 Å². The third kappa shape index (κ3) is 5.40. The highest BCUT2D eigenvalue weighted by atomic mass is 35.5. The van der Waals surface area contributed by atoms with E-state index in [1.807, 2.05) is 23.0 Å². The number of pyridine rings is 2. The average Bonchev–Trinajstić information content (AvgIpc) is 3.69. The summed E-state index contributed by atoms with van der Waals surface area (Å²) in [6.45, 7) is 8.78. The van der Waals surface area contributed by atoms with E-state index in [4.69, 9.17) is 37.8 Å². The number of benzene rings is 1. The first kappa shape index (κ1) is 29.7. The lowest BCUT2D eigenvalue weighted by Crippen LogP contribution is -2.34. The maximum Gasteiger partial charge on any atom is 0.247 e. The molecule has 1 fully saturated rings. The number of aromatic nitrogens is 6. The highest BCUT2D eigenvalue weighted by Gasteiger charge is 2.24. The van der Waals surface area contributed by atoms with Gasteiger partial charge in [-0.1, -0.05) is 36.7 Å². The van der Waals surface area contributed by atoms with Crippen molar-refractivity contribution in [3.05, 3.63) is 59.6 Å². The molecule has 1 saturated heterocycles. The van der Waals surface area contributed by atoms with Crippen molar-refractivity contribution in [3.8, 4) is 22.6 Å². The number of nitrogens with one attached hydrogen (secondary N) is 2. The van der Waals surface area contributed by atoms with Crippen LogP contribution in [0.4, 0.5) is 17.3 Å². The predicted molar refractivity (Wildman–Crippen MR) is 172 cm³/mol. The molecule has 0 atom stereocenters. The zero-order valence-electron chi connectivity index (χ0n) is 24.5. The number of piperidine rings is 1. The second-order valence-corrected chi connectivity index (χ2v) is 11.1. The summed E-state index contributed by atoms with van der Waals surface area (Å²) in [4.78, 5) is 23.8. The van der Waals surface area contributed by atoms with Gasteiger partial charge in [0.2, 0.25) is 5.91 Å². The third-order valence-electron chi connectivity index (χ3n) is 7.87. The summed E-state index contributed by atoms with van der Waals surface area (Å²) in [6, 6.07) is 5.60. The summed E-state index contributed by atoms with van der Waals surface area (Å²) in [5, 5.41) is 16.8. The predicted octanol–water partition coefficient (Wildman–Crippen LogP) is 5.99. The van der Waals surface area contributed by atoms with E-state index in [1.165, 1.54) is 26.6 Å². The second-order valence-electron chi connectivity index (χ2n) is 10.3.